The van der Waals surface area contributed by atoms with E-state index in [-0.39, 0.29) is 12.2 Å². The Balaban J connectivity index is 2.27. The van der Waals surface area contributed by atoms with E-state index >= 15 is 0 Å². The fourth-order valence-corrected chi connectivity index (χ4v) is 2.43. The van der Waals surface area contributed by atoms with Crippen molar-refractivity contribution in [2.45, 2.75) is 18.7 Å². The van der Waals surface area contributed by atoms with E-state index in [2.05, 4.69) is 16.9 Å². The van der Waals surface area contributed by atoms with Gasteiger partial charge in [-0.25, -0.2) is 9.78 Å². The third-order valence-corrected chi connectivity index (χ3v) is 3.63. The summed E-state index contributed by atoms with van der Waals surface area (Å²) in [7, 11) is 0. The summed E-state index contributed by atoms with van der Waals surface area (Å²) in [5.41, 5.74) is 0.215. The zero-order valence-corrected chi connectivity index (χ0v) is 12.7. The predicted octanol–water partition coefficient (Wildman–Crippen LogP) is 2.73. The molecule has 0 atom stereocenters. The number of ether oxygens (including phenoxy) is 1. The first-order valence-corrected chi connectivity index (χ1v) is 7.64. The highest BCUT2D eigenvalue weighted by atomic mass is 32.2. The number of hydrogen-bond acceptors (Lipinski definition) is 5. The van der Waals surface area contributed by atoms with Crippen LogP contribution in [0.25, 0.3) is 11.4 Å². The van der Waals surface area contributed by atoms with Crippen LogP contribution in [0.2, 0.25) is 0 Å². The summed E-state index contributed by atoms with van der Waals surface area (Å²) in [6, 6.07) is 7.73. The molecule has 21 heavy (non-hydrogen) atoms. The Morgan fingerprint density at radius 3 is 2.57 bits per heavy atom. The molecule has 0 aliphatic heterocycles. The molecule has 1 heterocycles. The predicted molar refractivity (Wildman–Crippen MR) is 82.6 cm³/mol. The van der Waals surface area contributed by atoms with E-state index in [0.717, 1.165) is 16.2 Å². The zero-order valence-electron chi connectivity index (χ0n) is 11.9. The number of carbonyl (C=O) groups is 1. The van der Waals surface area contributed by atoms with Crippen molar-refractivity contribution >= 4 is 17.7 Å². The average molecular weight is 304 g/mol. The number of aromatic amines is 1. The minimum atomic E-state index is -0.660. The third-order valence-electron chi connectivity index (χ3n) is 2.73. The smallest absolute Gasteiger partial charge is 0.345 e. The summed E-state index contributed by atoms with van der Waals surface area (Å²) in [5, 5.41) is 0. The number of nitrogens with zero attached hydrogens (tertiary/aromatic N) is 1. The Hall–Kier alpha value is -2.08. The fraction of sp³-hybridized carbons (Fsp3) is 0.267. The van der Waals surface area contributed by atoms with Gasteiger partial charge in [0.05, 0.1) is 6.61 Å². The third kappa shape index (κ3) is 3.72. The van der Waals surface area contributed by atoms with Gasteiger partial charge >= 0.3 is 5.97 Å². The summed E-state index contributed by atoms with van der Waals surface area (Å²) in [6.07, 6.45) is 1.25. The molecule has 6 heteroatoms. The molecule has 0 fully saturated rings. The fourth-order valence-electron chi connectivity index (χ4n) is 1.77. The van der Waals surface area contributed by atoms with Crippen LogP contribution in [-0.2, 0) is 4.74 Å². The molecule has 0 radical (unpaired) electrons. The molecule has 1 N–H and O–H groups in total. The molecule has 110 valence electrons. The summed E-state index contributed by atoms with van der Waals surface area (Å²) < 4.78 is 4.80. The van der Waals surface area contributed by atoms with Crippen LogP contribution in [0.3, 0.4) is 0 Å². The monoisotopic (exact) mass is 304 g/mol. The Labute approximate surface area is 126 Å². The average Bonchev–Trinajstić information content (AvgIpc) is 2.48. The van der Waals surface area contributed by atoms with E-state index in [0.29, 0.717) is 5.82 Å². The Bertz CT molecular complexity index is 680. The molecule has 0 unspecified atom stereocenters. The normalized spacial score (nSPS) is 10.4. The molecule has 0 amide bonds. The second-order valence-corrected chi connectivity index (χ2v) is 5.49. The van der Waals surface area contributed by atoms with Gasteiger partial charge in [-0.05, 0) is 24.8 Å². The Morgan fingerprint density at radius 2 is 2.00 bits per heavy atom. The number of H-pyrrole nitrogens is 1. The number of esters is 1. The van der Waals surface area contributed by atoms with Gasteiger partial charge in [-0.3, -0.25) is 4.79 Å². The van der Waals surface area contributed by atoms with Crippen LogP contribution in [-0.4, -0.2) is 28.3 Å². The van der Waals surface area contributed by atoms with Gasteiger partial charge in [0.25, 0.3) is 5.56 Å². The molecular formula is C15H16N2O3S. The van der Waals surface area contributed by atoms with E-state index in [1.165, 1.54) is 6.20 Å². The summed E-state index contributed by atoms with van der Waals surface area (Å²) in [5.74, 6) is 0.774. The number of benzene rings is 1. The Morgan fingerprint density at radius 1 is 1.29 bits per heavy atom. The summed E-state index contributed by atoms with van der Waals surface area (Å²) in [4.78, 5) is 31.3. The molecule has 0 saturated heterocycles. The Kier molecular flexibility index (Phi) is 5.16. The maximum atomic E-state index is 11.9. The molecular weight excluding hydrogens is 288 g/mol. The van der Waals surface area contributed by atoms with E-state index in [1.54, 1.807) is 18.7 Å². The van der Waals surface area contributed by atoms with Crippen molar-refractivity contribution in [3.63, 3.8) is 0 Å². The van der Waals surface area contributed by atoms with Crippen molar-refractivity contribution in [2.75, 3.05) is 12.4 Å². The lowest BCUT2D eigenvalue weighted by atomic mass is 10.2. The van der Waals surface area contributed by atoms with Crippen LogP contribution in [0, 0.1) is 0 Å². The van der Waals surface area contributed by atoms with Gasteiger partial charge in [0.15, 0.2) is 0 Å². The van der Waals surface area contributed by atoms with Crippen molar-refractivity contribution in [3.8, 4) is 11.4 Å². The van der Waals surface area contributed by atoms with Gasteiger partial charge < -0.3 is 9.72 Å². The largest absolute Gasteiger partial charge is 0.462 e. The van der Waals surface area contributed by atoms with E-state index in [9.17, 15) is 9.59 Å². The lowest BCUT2D eigenvalue weighted by Gasteiger charge is -2.04. The second kappa shape index (κ2) is 7.08. The van der Waals surface area contributed by atoms with Gasteiger partial charge in [0.1, 0.15) is 11.4 Å². The molecule has 2 rings (SSSR count). The number of hydrogen-bond donors (Lipinski definition) is 1. The van der Waals surface area contributed by atoms with Crippen LogP contribution in [0.4, 0.5) is 0 Å². The van der Waals surface area contributed by atoms with E-state index in [1.807, 2.05) is 24.3 Å². The topological polar surface area (TPSA) is 72.0 Å². The van der Waals surface area contributed by atoms with Crippen molar-refractivity contribution < 1.29 is 9.53 Å². The minimum absolute atomic E-state index is 0.0845. The molecule has 0 saturated carbocycles. The van der Waals surface area contributed by atoms with Crippen LogP contribution < -0.4 is 5.56 Å². The quantitative estimate of drug-likeness (QED) is 0.679. The lowest BCUT2D eigenvalue weighted by Crippen LogP contribution is -2.20. The molecule has 1 aromatic carbocycles. The van der Waals surface area contributed by atoms with Gasteiger partial charge in [0, 0.05) is 16.7 Å². The molecule has 2 aromatic rings. The molecule has 1 aromatic heterocycles. The zero-order chi connectivity index (χ0) is 15.2. The SMILES string of the molecule is CCOC(=O)c1cnc(-c2ccc(SCC)cc2)[nH]c1=O. The maximum absolute atomic E-state index is 11.9. The van der Waals surface area contributed by atoms with Crippen molar-refractivity contribution in [1.82, 2.24) is 9.97 Å². The van der Waals surface area contributed by atoms with Gasteiger partial charge in [-0.15, -0.1) is 11.8 Å². The highest BCUT2D eigenvalue weighted by Crippen LogP contribution is 2.21. The first kappa shape index (κ1) is 15.3. The van der Waals surface area contributed by atoms with E-state index in [4.69, 9.17) is 4.74 Å². The second-order valence-electron chi connectivity index (χ2n) is 4.15. The van der Waals surface area contributed by atoms with Crippen LogP contribution in [0.1, 0.15) is 24.2 Å². The number of carbonyl (C=O) groups excluding carboxylic acids is 1. The molecule has 0 bridgehead atoms. The van der Waals surface area contributed by atoms with Crippen LogP contribution in [0.15, 0.2) is 40.2 Å². The maximum Gasteiger partial charge on any atom is 0.345 e. The minimum Gasteiger partial charge on any atom is -0.462 e. The number of aromatic nitrogens is 2. The highest BCUT2D eigenvalue weighted by Gasteiger charge is 2.13. The molecule has 0 aliphatic rings. The summed E-state index contributed by atoms with van der Waals surface area (Å²) in [6.45, 7) is 3.99. The van der Waals surface area contributed by atoms with Crippen molar-refractivity contribution in [1.29, 1.82) is 0 Å². The lowest BCUT2D eigenvalue weighted by molar-refractivity contribution is 0.0524. The van der Waals surface area contributed by atoms with Gasteiger partial charge in [0.2, 0.25) is 0 Å². The van der Waals surface area contributed by atoms with Crippen molar-refractivity contribution in [3.05, 3.63) is 46.4 Å². The highest BCUT2D eigenvalue weighted by molar-refractivity contribution is 7.99. The van der Waals surface area contributed by atoms with Crippen LogP contribution >= 0.6 is 11.8 Å². The first-order valence-electron chi connectivity index (χ1n) is 6.65. The molecule has 0 aliphatic carbocycles. The summed E-state index contributed by atoms with van der Waals surface area (Å²) >= 11 is 1.74. The van der Waals surface area contributed by atoms with Gasteiger partial charge in [-0.1, -0.05) is 19.1 Å². The van der Waals surface area contributed by atoms with Gasteiger partial charge in [-0.2, -0.15) is 0 Å². The number of thioether (sulfide) groups is 1. The van der Waals surface area contributed by atoms with E-state index < -0.39 is 11.5 Å². The number of nitrogens with one attached hydrogen (secondary N) is 1. The molecule has 0 spiro atoms. The van der Waals surface area contributed by atoms with Crippen molar-refractivity contribution in [2.24, 2.45) is 0 Å². The first-order chi connectivity index (χ1) is 10.2. The number of rotatable bonds is 5. The van der Waals surface area contributed by atoms with Crippen LogP contribution in [0.5, 0.6) is 0 Å². The standard InChI is InChI=1S/C15H16N2O3S/c1-3-20-15(19)12-9-16-13(17-14(12)18)10-5-7-11(8-6-10)21-4-2/h5-9H,3-4H2,1-2H3,(H,16,17,18). The molecule has 5 nitrogen and oxygen atoms in total.